The van der Waals surface area contributed by atoms with Crippen molar-refractivity contribution < 1.29 is 27.9 Å². The third-order valence-corrected chi connectivity index (χ3v) is 4.72. The zero-order valence-electron chi connectivity index (χ0n) is 13.5. The lowest BCUT2D eigenvalue weighted by Crippen LogP contribution is -2.48. The fraction of sp³-hybridized carbons (Fsp3) is 0.353. The van der Waals surface area contributed by atoms with Gasteiger partial charge < -0.3 is 15.0 Å². The van der Waals surface area contributed by atoms with Crippen molar-refractivity contribution in [3.05, 3.63) is 46.4 Å². The number of pyridine rings is 1. The number of carbonyl (C=O) groups is 2. The molecule has 9 heteroatoms. The zero-order chi connectivity index (χ0) is 19.1. The summed E-state index contributed by atoms with van der Waals surface area (Å²) in [5.41, 5.74) is -3.08. The van der Waals surface area contributed by atoms with Gasteiger partial charge in [0.05, 0.1) is 6.42 Å². The molecule has 138 valence electrons. The maximum atomic E-state index is 13.2. The first-order valence-corrected chi connectivity index (χ1v) is 7.83. The Morgan fingerprint density at radius 1 is 1.27 bits per heavy atom. The van der Waals surface area contributed by atoms with Gasteiger partial charge in [-0.2, -0.15) is 13.2 Å². The highest BCUT2D eigenvalue weighted by molar-refractivity contribution is 5.85. The van der Waals surface area contributed by atoms with Crippen molar-refractivity contribution in [1.29, 1.82) is 0 Å². The van der Waals surface area contributed by atoms with Crippen LogP contribution in [0.25, 0.3) is 10.8 Å². The Morgan fingerprint density at radius 3 is 2.58 bits per heavy atom. The molecule has 2 heterocycles. The Bertz CT molecular complexity index is 937. The third-order valence-electron chi connectivity index (χ3n) is 4.72. The van der Waals surface area contributed by atoms with Gasteiger partial charge in [0, 0.05) is 24.2 Å². The van der Waals surface area contributed by atoms with Crippen molar-refractivity contribution in [2.75, 3.05) is 13.1 Å². The van der Waals surface area contributed by atoms with Crippen molar-refractivity contribution >= 4 is 22.6 Å². The normalized spacial score (nSPS) is 20.5. The number of carboxylic acids is 1. The van der Waals surface area contributed by atoms with Crippen molar-refractivity contribution in [2.24, 2.45) is 5.41 Å². The predicted octanol–water partition coefficient (Wildman–Crippen LogP) is 1.94. The first-order valence-electron chi connectivity index (χ1n) is 7.83. The lowest BCUT2D eigenvalue weighted by atomic mass is 9.86. The maximum absolute atomic E-state index is 13.2. The summed E-state index contributed by atoms with van der Waals surface area (Å²) in [6.45, 7) is -1.23. The van der Waals surface area contributed by atoms with Gasteiger partial charge in [-0.05, 0) is 23.9 Å². The van der Waals surface area contributed by atoms with Crippen LogP contribution in [0.1, 0.15) is 12.1 Å². The molecule has 0 saturated carbocycles. The molecule has 1 saturated heterocycles. The van der Waals surface area contributed by atoms with Crippen molar-refractivity contribution in [1.82, 2.24) is 9.88 Å². The molecular formula is C17H15F3N2O4. The summed E-state index contributed by atoms with van der Waals surface area (Å²) >= 11 is 0. The largest absolute Gasteiger partial charge is 0.481 e. The van der Waals surface area contributed by atoms with E-state index in [4.69, 9.17) is 5.11 Å². The fourth-order valence-corrected chi connectivity index (χ4v) is 3.19. The molecule has 6 nitrogen and oxygen atoms in total. The molecule has 0 bridgehead atoms. The second kappa shape index (κ2) is 6.15. The summed E-state index contributed by atoms with van der Waals surface area (Å²) in [6.07, 6.45) is -5.95. The van der Waals surface area contributed by atoms with Gasteiger partial charge in [-0.1, -0.05) is 18.2 Å². The third kappa shape index (κ3) is 2.93. The highest BCUT2D eigenvalue weighted by Gasteiger charge is 2.64. The van der Waals surface area contributed by atoms with Gasteiger partial charge in [0.15, 0.2) is 5.41 Å². The van der Waals surface area contributed by atoms with Gasteiger partial charge in [0.2, 0.25) is 5.91 Å². The average Bonchev–Trinajstić information content (AvgIpc) is 3.02. The minimum Gasteiger partial charge on any atom is -0.481 e. The number of fused-ring (bicyclic) bond motifs is 1. The van der Waals surface area contributed by atoms with Crippen LogP contribution in [0, 0.1) is 5.41 Å². The number of benzene rings is 1. The molecule has 3 rings (SSSR count). The summed E-state index contributed by atoms with van der Waals surface area (Å²) in [5, 5.41) is 10.1. The molecule has 0 aliphatic carbocycles. The number of H-pyrrole nitrogens is 1. The number of aliphatic carboxylic acids is 1. The first kappa shape index (κ1) is 18.0. The Labute approximate surface area is 145 Å². The molecule has 26 heavy (non-hydrogen) atoms. The van der Waals surface area contributed by atoms with Crippen LogP contribution in [0.2, 0.25) is 0 Å². The van der Waals surface area contributed by atoms with Gasteiger partial charge in [-0.25, -0.2) is 0 Å². The Balaban J connectivity index is 1.81. The van der Waals surface area contributed by atoms with Crippen molar-refractivity contribution in [3.8, 4) is 0 Å². The molecule has 2 aromatic rings. The standard InChI is InChI=1S/C17H15F3N2O4/c18-17(19,20)16(15(25)26)5-6-22(9-16)13(23)8-11-7-10-3-1-2-4-12(10)14(24)21-11/h1-4,7H,5-6,8-9H2,(H,21,24)(H,25,26). The number of alkyl halides is 3. The molecule has 0 spiro atoms. The molecule has 1 unspecified atom stereocenters. The molecule has 1 aliphatic heterocycles. The Kier molecular flexibility index (Phi) is 4.25. The van der Waals surface area contributed by atoms with E-state index in [1.807, 2.05) is 0 Å². The number of halogens is 3. The first-order chi connectivity index (χ1) is 12.1. The van der Waals surface area contributed by atoms with Crippen LogP contribution in [0.3, 0.4) is 0 Å². The van der Waals surface area contributed by atoms with Crippen LogP contribution in [-0.2, 0) is 16.0 Å². The van der Waals surface area contributed by atoms with Crippen LogP contribution < -0.4 is 5.56 Å². The number of rotatable bonds is 3. The Hall–Kier alpha value is -2.84. The van der Waals surface area contributed by atoms with Crippen LogP contribution in [0.5, 0.6) is 0 Å². The van der Waals surface area contributed by atoms with Crippen LogP contribution >= 0.6 is 0 Å². The monoisotopic (exact) mass is 368 g/mol. The van der Waals surface area contributed by atoms with Crippen LogP contribution in [0.4, 0.5) is 13.2 Å². The van der Waals surface area contributed by atoms with Gasteiger partial charge in [-0.3, -0.25) is 14.4 Å². The van der Waals surface area contributed by atoms with E-state index < -0.39 is 42.0 Å². The summed E-state index contributed by atoms with van der Waals surface area (Å²) in [6, 6.07) is 8.30. The van der Waals surface area contributed by atoms with E-state index in [2.05, 4.69) is 4.98 Å². The summed E-state index contributed by atoms with van der Waals surface area (Å²) in [5.74, 6) is -2.65. The van der Waals surface area contributed by atoms with Gasteiger partial charge in [0.1, 0.15) is 0 Å². The number of hydrogen-bond acceptors (Lipinski definition) is 3. The number of aromatic amines is 1. The number of hydrogen-bond donors (Lipinski definition) is 2. The lowest BCUT2D eigenvalue weighted by molar-refractivity contribution is -0.227. The van der Waals surface area contributed by atoms with E-state index in [1.165, 1.54) is 0 Å². The van der Waals surface area contributed by atoms with E-state index in [1.54, 1.807) is 30.3 Å². The van der Waals surface area contributed by atoms with Crippen molar-refractivity contribution in [3.63, 3.8) is 0 Å². The molecule has 1 aromatic carbocycles. The average molecular weight is 368 g/mol. The highest BCUT2D eigenvalue weighted by atomic mass is 19.4. The van der Waals surface area contributed by atoms with Gasteiger partial charge in [0.25, 0.3) is 5.56 Å². The minimum atomic E-state index is -4.95. The molecule has 1 atom stereocenters. The number of nitrogens with zero attached hydrogens (tertiary/aromatic N) is 1. The second-order valence-electron chi connectivity index (χ2n) is 6.34. The molecule has 1 aliphatic rings. The van der Waals surface area contributed by atoms with Gasteiger partial charge >= 0.3 is 12.1 Å². The number of nitrogens with one attached hydrogen (secondary N) is 1. The topological polar surface area (TPSA) is 90.5 Å². The molecule has 1 amide bonds. The van der Waals surface area contributed by atoms with E-state index in [9.17, 15) is 27.6 Å². The van der Waals surface area contributed by atoms with E-state index in [0.717, 1.165) is 4.90 Å². The zero-order valence-corrected chi connectivity index (χ0v) is 13.5. The van der Waals surface area contributed by atoms with Gasteiger partial charge in [-0.15, -0.1) is 0 Å². The minimum absolute atomic E-state index is 0.263. The molecule has 0 radical (unpaired) electrons. The maximum Gasteiger partial charge on any atom is 0.406 e. The smallest absolute Gasteiger partial charge is 0.406 e. The number of amides is 1. The molecule has 1 aromatic heterocycles. The molecule has 2 N–H and O–H groups in total. The van der Waals surface area contributed by atoms with E-state index >= 15 is 0 Å². The lowest BCUT2D eigenvalue weighted by Gasteiger charge is -2.27. The predicted molar refractivity (Wildman–Crippen MR) is 85.6 cm³/mol. The Morgan fingerprint density at radius 2 is 1.96 bits per heavy atom. The quantitative estimate of drug-likeness (QED) is 0.866. The van der Waals surface area contributed by atoms with E-state index in [0.29, 0.717) is 10.8 Å². The number of likely N-dealkylation sites (tertiary alicyclic amines) is 1. The van der Waals surface area contributed by atoms with Crippen molar-refractivity contribution in [2.45, 2.75) is 19.0 Å². The van der Waals surface area contributed by atoms with Crippen LogP contribution in [0.15, 0.2) is 35.1 Å². The van der Waals surface area contributed by atoms with Crippen LogP contribution in [-0.4, -0.2) is 46.1 Å². The second-order valence-corrected chi connectivity index (χ2v) is 6.34. The molecular weight excluding hydrogens is 353 g/mol. The number of aromatic nitrogens is 1. The van der Waals surface area contributed by atoms with E-state index in [-0.39, 0.29) is 18.7 Å². The number of carbonyl (C=O) groups excluding carboxylic acids is 1. The molecule has 1 fully saturated rings. The summed E-state index contributed by atoms with van der Waals surface area (Å²) < 4.78 is 39.6. The SMILES string of the molecule is O=C(Cc1cc2ccccc2c(=O)[nH]1)N1CCC(C(=O)O)(C(F)(F)F)C1. The number of carboxylic acid groups (broad SMARTS) is 1. The highest BCUT2D eigenvalue weighted by Crippen LogP contribution is 2.45. The summed E-state index contributed by atoms with van der Waals surface area (Å²) in [7, 11) is 0. The fourth-order valence-electron chi connectivity index (χ4n) is 3.19. The summed E-state index contributed by atoms with van der Waals surface area (Å²) in [4.78, 5) is 39.0.